The zero-order valence-electron chi connectivity index (χ0n) is 11.1. The number of hydrogen-bond donors (Lipinski definition) is 1. The Hall–Kier alpha value is -1.40. The molecule has 0 spiro atoms. The molecule has 1 N–H and O–H groups in total. The van der Waals surface area contributed by atoms with Crippen molar-refractivity contribution in [2.24, 2.45) is 0 Å². The smallest absolute Gasteiger partial charge is 0.332 e. The van der Waals surface area contributed by atoms with Gasteiger partial charge in [-0.3, -0.25) is 0 Å². The molecule has 0 aliphatic heterocycles. The normalized spacial score (nSPS) is 10.6. The van der Waals surface area contributed by atoms with Crippen LogP contribution in [0.5, 0.6) is 0 Å². The van der Waals surface area contributed by atoms with Gasteiger partial charge < -0.3 is 19.2 Å². The highest BCUT2D eigenvalue weighted by atomic mass is 16.6. The van der Waals surface area contributed by atoms with Gasteiger partial charge in [-0.05, 0) is 20.8 Å². The molecule has 0 fully saturated rings. The highest BCUT2D eigenvalue weighted by Gasteiger charge is 2.04. The van der Waals surface area contributed by atoms with Gasteiger partial charge in [0, 0.05) is 6.54 Å². The number of oxazole rings is 1. The van der Waals surface area contributed by atoms with Crippen LogP contribution in [0.3, 0.4) is 0 Å². The average molecular weight is 256 g/mol. The first-order valence-corrected chi connectivity index (χ1v) is 6.00. The topological polar surface area (TPSA) is 73.6 Å². The van der Waals surface area contributed by atoms with Crippen LogP contribution in [0, 0.1) is 13.8 Å². The van der Waals surface area contributed by atoms with Crippen molar-refractivity contribution >= 4 is 5.97 Å². The van der Waals surface area contributed by atoms with Gasteiger partial charge in [0.25, 0.3) is 0 Å². The molecule has 6 heteroatoms. The Morgan fingerprint density at radius 1 is 1.44 bits per heavy atom. The van der Waals surface area contributed by atoms with E-state index in [1.165, 1.54) is 0 Å². The molecular weight excluding hydrogens is 236 g/mol. The van der Waals surface area contributed by atoms with Crippen LogP contribution in [0.4, 0.5) is 0 Å². The summed E-state index contributed by atoms with van der Waals surface area (Å²) in [5, 5.41) is 3.11. The predicted octanol–water partition coefficient (Wildman–Crippen LogP) is 0.961. The van der Waals surface area contributed by atoms with Gasteiger partial charge in [0.1, 0.15) is 12.4 Å². The van der Waals surface area contributed by atoms with Gasteiger partial charge in [0.15, 0.2) is 0 Å². The number of rotatable bonds is 8. The largest absolute Gasteiger partial charge is 0.464 e. The molecule has 0 amide bonds. The minimum absolute atomic E-state index is 0.00720. The number of ether oxygens (including phenoxy) is 2. The van der Waals surface area contributed by atoms with E-state index in [9.17, 15) is 4.79 Å². The molecule has 1 aromatic heterocycles. The van der Waals surface area contributed by atoms with Crippen molar-refractivity contribution in [1.82, 2.24) is 10.3 Å². The van der Waals surface area contributed by atoms with Crippen LogP contribution in [0.1, 0.15) is 24.3 Å². The lowest BCUT2D eigenvalue weighted by Crippen LogP contribution is -2.21. The third-order valence-electron chi connectivity index (χ3n) is 2.30. The molecule has 0 saturated heterocycles. The number of carbonyl (C=O) groups is 1. The fourth-order valence-corrected chi connectivity index (χ4v) is 1.31. The Bertz CT molecular complexity index is 357. The molecule has 1 aromatic rings. The van der Waals surface area contributed by atoms with E-state index in [1.54, 1.807) is 6.92 Å². The number of carbonyl (C=O) groups excluding carboxylic acids is 1. The van der Waals surface area contributed by atoms with Gasteiger partial charge in [-0.1, -0.05) is 0 Å². The lowest BCUT2D eigenvalue weighted by Gasteiger charge is -2.04. The van der Waals surface area contributed by atoms with Crippen LogP contribution in [0.15, 0.2) is 4.42 Å². The lowest BCUT2D eigenvalue weighted by molar-refractivity contribution is -0.148. The van der Waals surface area contributed by atoms with Crippen molar-refractivity contribution in [3.8, 4) is 0 Å². The lowest BCUT2D eigenvalue weighted by atomic mass is 10.4. The van der Waals surface area contributed by atoms with Crippen LogP contribution in [0.25, 0.3) is 0 Å². The molecule has 0 aliphatic rings. The molecule has 0 radical (unpaired) electrons. The highest BCUT2D eigenvalue weighted by molar-refractivity contribution is 5.70. The van der Waals surface area contributed by atoms with Crippen molar-refractivity contribution in [1.29, 1.82) is 0 Å². The third-order valence-corrected chi connectivity index (χ3v) is 2.30. The first-order valence-electron chi connectivity index (χ1n) is 6.00. The fourth-order valence-electron chi connectivity index (χ4n) is 1.31. The van der Waals surface area contributed by atoms with Crippen molar-refractivity contribution in [3.63, 3.8) is 0 Å². The van der Waals surface area contributed by atoms with Gasteiger partial charge in [-0.25, -0.2) is 9.78 Å². The number of nitrogens with zero attached hydrogens (tertiary/aromatic N) is 1. The van der Waals surface area contributed by atoms with Crippen LogP contribution >= 0.6 is 0 Å². The van der Waals surface area contributed by atoms with E-state index in [2.05, 4.69) is 10.3 Å². The second-order valence-corrected chi connectivity index (χ2v) is 3.78. The van der Waals surface area contributed by atoms with E-state index in [-0.39, 0.29) is 12.6 Å². The summed E-state index contributed by atoms with van der Waals surface area (Å²) >= 11 is 0. The van der Waals surface area contributed by atoms with Crippen LogP contribution in [-0.2, 0) is 20.8 Å². The summed E-state index contributed by atoms with van der Waals surface area (Å²) in [6.07, 6.45) is 0. The van der Waals surface area contributed by atoms with E-state index in [0.717, 1.165) is 11.5 Å². The zero-order chi connectivity index (χ0) is 13.4. The molecule has 102 valence electrons. The SMILES string of the molecule is CCOC(=O)COCCNCc1nc(C)c(C)o1. The molecular formula is C12H20N2O4. The number of aromatic nitrogens is 1. The Kier molecular flexibility index (Phi) is 6.38. The van der Waals surface area contributed by atoms with Gasteiger partial charge in [-0.2, -0.15) is 0 Å². The molecule has 0 bridgehead atoms. The fraction of sp³-hybridized carbons (Fsp3) is 0.667. The number of aryl methyl sites for hydroxylation is 2. The molecule has 0 unspecified atom stereocenters. The Labute approximate surface area is 107 Å². The summed E-state index contributed by atoms with van der Waals surface area (Å²) in [5.74, 6) is 1.16. The predicted molar refractivity (Wildman–Crippen MR) is 65.1 cm³/mol. The summed E-state index contributed by atoms with van der Waals surface area (Å²) in [7, 11) is 0. The van der Waals surface area contributed by atoms with E-state index in [4.69, 9.17) is 13.9 Å². The molecule has 6 nitrogen and oxygen atoms in total. The van der Waals surface area contributed by atoms with Crippen molar-refractivity contribution in [2.75, 3.05) is 26.4 Å². The second-order valence-electron chi connectivity index (χ2n) is 3.78. The quantitative estimate of drug-likeness (QED) is 0.551. The monoisotopic (exact) mass is 256 g/mol. The van der Waals surface area contributed by atoms with Crippen LogP contribution in [-0.4, -0.2) is 37.3 Å². The van der Waals surface area contributed by atoms with Gasteiger partial charge in [0.2, 0.25) is 5.89 Å². The average Bonchev–Trinajstić information content (AvgIpc) is 2.63. The first-order chi connectivity index (χ1) is 8.63. The van der Waals surface area contributed by atoms with Crippen LogP contribution < -0.4 is 5.32 Å². The molecule has 0 atom stereocenters. The van der Waals surface area contributed by atoms with Gasteiger partial charge in [-0.15, -0.1) is 0 Å². The zero-order valence-corrected chi connectivity index (χ0v) is 11.1. The Balaban J connectivity index is 2.03. The maximum absolute atomic E-state index is 10.9. The standard InChI is InChI=1S/C12H20N2O4/c1-4-17-12(15)8-16-6-5-13-7-11-14-9(2)10(3)18-11/h13H,4-8H2,1-3H3. The molecule has 1 rings (SSSR count). The maximum Gasteiger partial charge on any atom is 0.332 e. The third kappa shape index (κ3) is 5.29. The Morgan fingerprint density at radius 3 is 2.83 bits per heavy atom. The summed E-state index contributed by atoms with van der Waals surface area (Å²) in [6, 6.07) is 0. The molecule has 1 heterocycles. The number of hydrogen-bond acceptors (Lipinski definition) is 6. The van der Waals surface area contributed by atoms with E-state index < -0.39 is 0 Å². The van der Waals surface area contributed by atoms with Crippen molar-refractivity contribution in [2.45, 2.75) is 27.3 Å². The second kappa shape index (κ2) is 7.84. The minimum atomic E-state index is -0.337. The summed E-state index contributed by atoms with van der Waals surface area (Å²) in [5.41, 5.74) is 0.908. The summed E-state index contributed by atoms with van der Waals surface area (Å²) in [6.45, 7) is 7.55. The van der Waals surface area contributed by atoms with E-state index in [0.29, 0.717) is 32.2 Å². The summed E-state index contributed by atoms with van der Waals surface area (Å²) in [4.78, 5) is 15.2. The van der Waals surface area contributed by atoms with Crippen molar-refractivity contribution < 1.29 is 18.7 Å². The molecule has 0 saturated carbocycles. The van der Waals surface area contributed by atoms with Crippen LogP contribution in [0.2, 0.25) is 0 Å². The molecule has 18 heavy (non-hydrogen) atoms. The maximum atomic E-state index is 10.9. The summed E-state index contributed by atoms with van der Waals surface area (Å²) < 4.78 is 15.3. The first kappa shape index (κ1) is 14.7. The highest BCUT2D eigenvalue weighted by Crippen LogP contribution is 2.07. The number of esters is 1. The minimum Gasteiger partial charge on any atom is -0.464 e. The van der Waals surface area contributed by atoms with Crippen molar-refractivity contribution in [3.05, 3.63) is 17.3 Å². The van der Waals surface area contributed by atoms with Gasteiger partial charge >= 0.3 is 5.97 Å². The van der Waals surface area contributed by atoms with E-state index in [1.807, 2.05) is 13.8 Å². The van der Waals surface area contributed by atoms with E-state index >= 15 is 0 Å². The van der Waals surface area contributed by atoms with Gasteiger partial charge in [0.05, 0.1) is 25.5 Å². The molecule has 0 aromatic carbocycles. The Morgan fingerprint density at radius 2 is 2.22 bits per heavy atom. The molecule has 0 aliphatic carbocycles. The number of nitrogens with one attached hydrogen (secondary N) is 1.